The molecule has 0 radical (unpaired) electrons. The van der Waals surface area contributed by atoms with Crippen molar-refractivity contribution in [2.45, 2.75) is 19.4 Å². The first kappa shape index (κ1) is 18.1. The van der Waals surface area contributed by atoms with Crippen molar-refractivity contribution in [3.8, 4) is 11.5 Å². The SMILES string of the molecule is CCC1CN(C(=O)c2ccc(OC)cc2)c2cccc([CH]=[Ru][Cl])c2O1. The van der Waals surface area contributed by atoms with Crippen LogP contribution in [-0.4, -0.2) is 30.3 Å². The number of halogens is 1. The molecule has 25 heavy (non-hydrogen) atoms. The second-order valence-electron chi connectivity index (χ2n) is 5.67. The number of para-hydroxylation sites is 1. The van der Waals surface area contributed by atoms with Gasteiger partial charge >= 0.3 is 159 Å². The molecule has 0 saturated carbocycles. The first-order valence-corrected chi connectivity index (χ1v) is 11.2. The monoisotopic (exact) mass is 446 g/mol. The molecule has 4 nitrogen and oxygen atoms in total. The summed E-state index contributed by atoms with van der Waals surface area (Å²) >= 11 is -0.369. The summed E-state index contributed by atoms with van der Waals surface area (Å²) in [5, 5.41) is 0. The van der Waals surface area contributed by atoms with E-state index in [1.54, 1.807) is 36.3 Å². The Morgan fingerprint density at radius 3 is 2.76 bits per heavy atom. The molecule has 3 rings (SSSR count). The topological polar surface area (TPSA) is 38.8 Å². The Bertz CT molecular complexity index is 792. The van der Waals surface area contributed by atoms with Crippen LogP contribution in [0.4, 0.5) is 5.69 Å². The molecule has 0 fully saturated rings. The number of ether oxygens (including phenoxy) is 2. The van der Waals surface area contributed by atoms with Crippen LogP contribution < -0.4 is 14.4 Å². The summed E-state index contributed by atoms with van der Waals surface area (Å²) in [4.78, 5) is 14.9. The molecule has 0 bridgehead atoms. The average Bonchev–Trinajstić information content (AvgIpc) is 2.67. The van der Waals surface area contributed by atoms with Gasteiger partial charge in [0.15, 0.2) is 0 Å². The molecule has 1 amide bonds. The van der Waals surface area contributed by atoms with Crippen molar-refractivity contribution < 1.29 is 30.0 Å². The normalized spacial score (nSPS) is 16.8. The predicted molar refractivity (Wildman–Crippen MR) is 96.8 cm³/mol. The number of hydrogen-bond donors (Lipinski definition) is 0. The van der Waals surface area contributed by atoms with Crippen molar-refractivity contribution in [2.24, 2.45) is 0 Å². The zero-order chi connectivity index (χ0) is 17.8. The van der Waals surface area contributed by atoms with E-state index in [-0.39, 0.29) is 27.7 Å². The number of amides is 1. The van der Waals surface area contributed by atoms with E-state index in [1.165, 1.54) is 0 Å². The van der Waals surface area contributed by atoms with E-state index in [9.17, 15) is 4.79 Å². The first-order valence-electron chi connectivity index (χ1n) is 7.99. The van der Waals surface area contributed by atoms with Crippen molar-refractivity contribution in [3.05, 3.63) is 53.6 Å². The third-order valence-corrected chi connectivity index (χ3v) is 5.36. The number of methoxy groups -OCH3 is 1. The number of carbonyl (C=O) groups is 1. The fourth-order valence-electron chi connectivity index (χ4n) is 2.81. The van der Waals surface area contributed by atoms with E-state index in [4.69, 9.17) is 19.2 Å². The van der Waals surface area contributed by atoms with E-state index < -0.39 is 0 Å². The van der Waals surface area contributed by atoms with Gasteiger partial charge in [0, 0.05) is 0 Å². The van der Waals surface area contributed by atoms with Crippen LogP contribution in [0, 0.1) is 0 Å². The molecular formula is C19H19ClNO3Ru. The molecule has 1 heterocycles. The summed E-state index contributed by atoms with van der Waals surface area (Å²) in [6, 6.07) is 13.0. The Labute approximate surface area is 158 Å². The van der Waals surface area contributed by atoms with Gasteiger partial charge in [-0.3, -0.25) is 0 Å². The van der Waals surface area contributed by atoms with Crippen molar-refractivity contribution >= 4 is 25.9 Å². The Hall–Kier alpha value is -1.71. The third-order valence-electron chi connectivity index (χ3n) is 4.17. The van der Waals surface area contributed by atoms with Crippen LogP contribution in [0.3, 0.4) is 0 Å². The van der Waals surface area contributed by atoms with Gasteiger partial charge < -0.3 is 0 Å². The minimum absolute atomic E-state index is 0.0321. The van der Waals surface area contributed by atoms with Gasteiger partial charge in [-0.25, -0.2) is 0 Å². The van der Waals surface area contributed by atoms with E-state index in [2.05, 4.69) is 6.92 Å². The quantitative estimate of drug-likeness (QED) is 0.670. The van der Waals surface area contributed by atoms with Crippen LogP contribution in [0.15, 0.2) is 42.5 Å². The number of hydrogen-bond acceptors (Lipinski definition) is 3. The molecule has 2 aromatic carbocycles. The second kappa shape index (κ2) is 8.11. The van der Waals surface area contributed by atoms with Crippen molar-refractivity contribution in [2.75, 3.05) is 18.6 Å². The molecule has 0 aromatic heterocycles. The molecule has 0 aliphatic carbocycles. The van der Waals surface area contributed by atoms with Gasteiger partial charge in [-0.15, -0.1) is 0 Å². The molecule has 1 aliphatic rings. The van der Waals surface area contributed by atoms with Gasteiger partial charge in [0.25, 0.3) is 0 Å². The van der Waals surface area contributed by atoms with Gasteiger partial charge in [0.2, 0.25) is 0 Å². The Balaban J connectivity index is 2.01. The summed E-state index contributed by atoms with van der Waals surface area (Å²) in [5.74, 6) is 1.44. The Morgan fingerprint density at radius 1 is 1.36 bits per heavy atom. The summed E-state index contributed by atoms with van der Waals surface area (Å²) < 4.78 is 13.3. The summed E-state index contributed by atoms with van der Waals surface area (Å²) in [6.45, 7) is 2.59. The molecule has 1 atom stereocenters. The molecule has 0 spiro atoms. The standard InChI is InChI=1S/C19H19NO3.ClH.Ru/c1-4-15-12-20(17-7-5-6-13(2)18(17)23-15)19(21)14-8-10-16(22-3)11-9-14;;/h2,5-11,15H,4,12H2,1,3H3;1H;/q;;+1/p-1. The van der Waals surface area contributed by atoms with Crippen LogP contribution in [-0.2, 0) is 15.7 Å². The second-order valence-corrected chi connectivity index (χ2v) is 7.46. The van der Waals surface area contributed by atoms with Crippen molar-refractivity contribution in [3.63, 3.8) is 0 Å². The maximum absolute atomic E-state index is 13.1. The third kappa shape index (κ3) is 3.78. The number of anilines is 1. The molecule has 1 aliphatic heterocycles. The molecule has 1 unspecified atom stereocenters. The average molecular weight is 446 g/mol. The molecular weight excluding hydrogens is 427 g/mol. The van der Waals surface area contributed by atoms with Crippen LogP contribution >= 0.6 is 9.69 Å². The van der Waals surface area contributed by atoms with E-state index in [0.717, 1.165) is 29.2 Å². The fourth-order valence-corrected chi connectivity index (χ4v) is 3.90. The molecule has 0 N–H and O–H groups in total. The van der Waals surface area contributed by atoms with Gasteiger partial charge in [-0.1, -0.05) is 0 Å². The summed E-state index contributed by atoms with van der Waals surface area (Å²) in [5.41, 5.74) is 2.38. The fraction of sp³-hybridized carbons (Fsp3) is 0.263. The number of fused-ring (bicyclic) bond motifs is 1. The van der Waals surface area contributed by atoms with Crippen LogP contribution in [0.2, 0.25) is 0 Å². The minimum atomic E-state index is -0.369. The predicted octanol–water partition coefficient (Wildman–Crippen LogP) is 3.90. The zero-order valence-corrected chi connectivity index (χ0v) is 16.5. The summed E-state index contributed by atoms with van der Waals surface area (Å²) in [7, 11) is 7.57. The molecule has 133 valence electrons. The van der Waals surface area contributed by atoms with Gasteiger partial charge in [-0.2, -0.15) is 0 Å². The summed E-state index contributed by atoms with van der Waals surface area (Å²) in [6.07, 6.45) is 0.796. The Morgan fingerprint density at radius 2 is 2.12 bits per heavy atom. The number of benzene rings is 2. The molecule has 2 aromatic rings. The van der Waals surface area contributed by atoms with Crippen LogP contribution in [0.25, 0.3) is 0 Å². The molecule has 6 heteroatoms. The Kier molecular flexibility index (Phi) is 5.87. The number of nitrogens with zero attached hydrogens (tertiary/aromatic N) is 1. The van der Waals surface area contributed by atoms with Crippen LogP contribution in [0.5, 0.6) is 11.5 Å². The van der Waals surface area contributed by atoms with Crippen molar-refractivity contribution in [1.29, 1.82) is 0 Å². The van der Waals surface area contributed by atoms with Crippen LogP contribution in [0.1, 0.15) is 29.3 Å². The van der Waals surface area contributed by atoms with Gasteiger partial charge in [0.1, 0.15) is 0 Å². The van der Waals surface area contributed by atoms with E-state index >= 15 is 0 Å². The molecule has 0 saturated heterocycles. The zero-order valence-electron chi connectivity index (χ0n) is 14.0. The van der Waals surface area contributed by atoms with E-state index in [1.807, 2.05) is 22.8 Å². The van der Waals surface area contributed by atoms with E-state index in [0.29, 0.717) is 12.1 Å². The van der Waals surface area contributed by atoms with Gasteiger partial charge in [-0.05, 0) is 0 Å². The van der Waals surface area contributed by atoms with Gasteiger partial charge in [0.05, 0.1) is 0 Å². The maximum atomic E-state index is 13.1. The van der Waals surface area contributed by atoms with Crippen molar-refractivity contribution in [1.82, 2.24) is 0 Å². The first-order chi connectivity index (χ1) is 12.2. The number of carbonyl (C=O) groups excluding carboxylic acids is 1. The number of rotatable bonds is 4.